The fourth-order valence-electron chi connectivity index (χ4n) is 3.17. The lowest BCUT2D eigenvalue weighted by molar-refractivity contribution is -0.119. The lowest BCUT2D eigenvalue weighted by atomic mass is 10.1. The van der Waals surface area contributed by atoms with E-state index in [4.69, 9.17) is 4.74 Å². The summed E-state index contributed by atoms with van der Waals surface area (Å²) >= 11 is 0. The molecule has 1 aliphatic heterocycles. The van der Waals surface area contributed by atoms with E-state index in [0.29, 0.717) is 17.9 Å². The van der Waals surface area contributed by atoms with E-state index in [1.807, 2.05) is 24.3 Å². The van der Waals surface area contributed by atoms with E-state index in [1.54, 1.807) is 31.2 Å². The zero-order chi connectivity index (χ0) is 20.9. The van der Waals surface area contributed by atoms with Gasteiger partial charge in [-0.15, -0.1) is 0 Å². The molecule has 2 aromatic carbocycles. The molecule has 0 spiro atoms. The zero-order valence-corrected chi connectivity index (χ0v) is 16.4. The first-order chi connectivity index (χ1) is 14.6. The van der Waals surface area contributed by atoms with Gasteiger partial charge in [-0.1, -0.05) is 18.2 Å². The number of fused-ring (bicyclic) bond motifs is 1. The van der Waals surface area contributed by atoms with Crippen LogP contribution < -0.4 is 20.7 Å². The lowest BCUT2D eigenvalue weighted by Crippen LogP contribution is -2.37. The summed E-state index contributed by atoms with van der Waals surface area (Å²) in [4.78, 5) is 28.3. The Balaban J connectivity index is 1.23. The predicted octanol–water partition coefficient (Wildman–Crippen LogP) is 2.60. The molecule has 1 aromatic heterocycles. The summed E-state index contributed by atoms with van der Waals surface area (Å²) in [5.41, 5.74) is 2.39. The summed E-state index contributed by atoms with van der Waals surface area (Å²) < 4.78 is 7.29. The first kappa shape index (κ1) is 19.4. The number of urea groups is 1. The third-order valence-electron chi connectivity index (χ3n) is 4.83. The standard InChI is InChI=1S/C21H22N6O3/c1-14(27-13-22-12-24-27)20(28)25-16-6-8-17(9-7-16)26-21(29)23-11-18-10-15-4-2-3-5-19(15)30-18/h2-9,12-14,18H,10-11H2,1H3,(H,25,28)(H2,23,26,29)/t14-,18+/m0/s1. The maximum atomic E-state index is 12.3. The Morgan fingerprint density at radius 2 is 1.87 bits per heavy atom. The Morgan fingerprint density at radius 1 is 1.13 bits per heavy atom. The number of nitrogens with zero attached hydrogens (tertiary/aromatic N) is 3. The highest BCUT2D eigenvalue weighted by Crippen LogP contribution is 2.27. The Hall–Kier alpha value is -3.88. The Morgan fingerprint density at radius 3 is 2.57 bits per heavy atom. The average Bonchev–Trinajstić information content (AvgIpc) is 3.43. The molecular weight excluding hydrogens is 384 g/mol. The number of para-hydroxylation sites is 1. The second-order valence-electron chi connectivity index (χ2n) is 7.00. The minimum atomic E-state index is -0.486. The van der Waals surface area contributed by atoms with Crippen molar-refractivity contribution >= 4 is 23.3 Å². The monoisotopic (exact) mass is 406 g/mol. The molecule has 0 saturated carbocycles. The van der Waals surface area contributed by atoms with Crippen molar-refractivity contribution in [1.82, 2.24) is 20.1 Å². The van der Waals surface area contributed by atoms with Gasteiger partial charge in [0.25, 0.3) is 0 Å². The molecule has 9 nitrogen and oxygen atoms in total. The highest BCUT2D eigenvalue weighted by Gasteiger charge is 2.22. The molecular formula is C21H22N6O3. The van der Waals surface area contributed by atoms with Gasteiger partial charge in [0, 0.05) is 17.8 Å². The van der Waals surface area contributed by atoms with Crippen LogP contribution in [0.4, 0.5) is 16.2 Å². The smallest absolute Gasteiger partial charge is 0.319 e. The van der Waals surface area contributed by atoms with Gasteiger partial charge in [-0.25, -0.2) is 14.5 Å². The summed E-state index contributed by atoms with van der Waals surface area (Å²) in [7, 11) is 0. The predicted molar refractivity (Wildman–Crippen MR) is 111 cm³/mol. The number of ether oxygens (including phenoxy) is 1. The Bertz CT molecular complexity index is 994. The fourth-order valence-corrected chi connectivity index (χ4v) is 3.17. The molecule has 0 fully saturated rings. The number of hydrogen-bond acceptors (Lipinski definition) is 5. The molecule has 3 aromatic rings. The minimum Gasteiger partial charge on any atom is -0.488 e. The number of carbonyl (C=O) groups is 2. The molecule has 4 rings (SSSR count). The van der Waals surface area contributed by atoms with E-state index < -0.39 is 6.04 Å². The van der Waals surface area contributed by atoms with Crippen LogP contribution in [0.2, 0.25) is 0 Å². The highest BCUT2D eigenvalue weighted by molar-refractivity contribution is 5.94. The molecule has 9 heteroatoms. The van der Waals surface area contributed by atoms with Crippen LogP contribution in [-0.2, 0) is 11.2 Å². The van der Waals surface area contributed by atoms with E-state index in [-0.39, 0.29) is 18.0 Å². The normalized spacial score (nSPS) is 15.6. The third-order valence-corrected chi connectivity index (χ3v) is 4.83. The van der Waals surface area contributed by atoms with Gasteiger partial charge in [0.1, 0.15) is 30.5 Å². The Kier molecular flexibility index (Phi) is 5.60. The highest BCUT2D eigenvalue weighted by atomic mass is 16.5. The molecule has 0 saturated heterocycles. The van der Waals surface area contributed by atoms with Crippen molar-refractivity contribution in [2.45, 2.75) is 25.5 Å². The van der Waals surface area contributed by atoms with Crippen molar-refractivity contribution in [2.75, 3.05) is 17.2 Å². The molecule has 2 atom stereocenters. The van der Waals surface area contributed by atoms with Crippen molar-refractivity contribution in [2.24, 2.45) is 0 Å². The van der Waals surface area contributed by atoms with Crippen LogP contribution in [0.15, 0.2) is 61.2 Å². The van der Waals surface area contributed by atoms with Crippen LogP contribution in [-0.4, -0.2) is 39.4 Å². The van der Waals surface area contributed by atoms with Gasteiger partial charge in [0.2, 0.25) is 5.91 Å². The molecule has 30 heavy (non-hydrogen) atoms. The number of anilines is 2. The van der Waals surface area contributed by atoms with Crippen LogP contribution in [0.3, 0.4) is 0 Å². The van der Waals surface area contributed by atoms with Gasteiger partial charge in [-0.2, -0.15) is 5.10 Å². The first-order valence-corrected chi connectivity index (χ1v) is 9.63. The zero-order valence-electron chi connectivity index (χ0n) is 16.4. The first-order valence-electron chi connectivity index (χ1n) is 9.63. The van der Waals surface area contributed by atoms with E-state index in [0.717, 1.165) is 17.7 Å². The number of rotatable bonds is 6. The van der Waals surface area contributed by atoms with E-state index in [9.17, 15) is 9.59 Å². The topological polar surface area (TPSA) is 110 Å². The van der Waals surface area contributed by atoms with Crippen molar-refractivity contribution in [3.8, 4) is 5.75 Å². The van der Waals surface area contributed by atoms with E-state index in [2.05, 4.69) is 26.0 Å². The van der Waals surface area contributed by atoms with E-state index >= 15 is 0 Å². The van der Waals surface area contributed by atoms with Gasteiger partial charge in [-0.3, -0.25) is 4.79 Å². The molecule has 0 radical (unpaired) electrons. The molecule has 0 bridgehead atoms. The number of benzene rings is 2. The Labute approximate surface area is 173 Å². The molecule has 3 N–H and O–H groups in total. The number of amides is 3. The second-order valence-corrected chi connectivity index (χ2v) is 7.00. The fraction of sp³-hybridized carbons (Fsp3) is 0.238. The van der Waals surface area contributed by atoms with Gasteiger partial charge in [-0.05, 0) is 42.8 Å². The number of aromatic nitrogens is 3. The summed E-state index contributed by atoms with van der Waals surface area (Å²) in [6, 6.07) is 14.0. The summed E-state index contributed by atoms with van der Waals surface area (Å²) in [6.45, 7) is 2.14. The SMILES string of the molecule is C[C@@H](C(=O)Nc1ccc(NC(=O)NC[C@H]2Cc3ccccc3O2)cc1)n1cncn1. The maximum absolute atomic E-state index is 12.3. The van der Waals surface area contributed by atoms with Gasteiger partial charge < -0.3 is 20.7 Å². The number of nitrogens with one attached hydrogen (secondary N) is 3. The lowest BCUT2D eigenvalue weighted by Gasteiger charge is -2.14. The van der Waals surface area contributed by atoms with Gasteiger partial charge in [0.05, 0.1) is 6.54 Å². The molecule has 1 aliphatic rings. The summed E-state index contributed by atoms with van der Waals surface area (Å²) in [5.74, 6) is 0.664. The molecule has 2 heterocycles. The second kappa shape index (κ2) is 8.64. The minimum absolute atomic E-state index is 0.0716. The van der Waals surface area contributed by atoms with Gasteiger partial charge in [0.15, 0.2) is 0 Å². The average molecular weight is 406 g/mol. The largest absolute Gasteiger partial charge is 0.488 e. The van der Waals surface area contributed by atoms with E-state index in [1.165, 1.54) is 17.3 Å². The molecule has 154 valence electrons. The van der Waals surface area contributed by atoms with Crippen molar-refractivity contribution in [1.29, 1.82) is 0 Å². The summed E-state index contributed by atoms with van der Waals surface area (Å²) in [6.07, 6.45) is 3.58. The van der Waals surface area contributed by atoms with Crippen molar-refractivity contribution < 1.29 is 14.3 Å². The van der Waals surface area contributed by atoms with Crippen LogP contribution in [0.5, 0.6) is 5.75 Å². The quantitative estimate of drug-likeness (QED) is 0.583. The summed E-state index contributed by atoms with van der Waals surface area (Å²) in [5, 5.41) is 12.4. The van der Waals surface area contributed by atoms with Crippen LogP contribution >= 0.6 is 0 Å². The number of hydrogen-bond donors (Lipinski definition) is 3. The van der Waals surface area contributed by atoms with Crippen molar-refractivity contribution in [3.63, 3.8) is 0 Å². The molecule has 0 aliphatic carbocycles. The van der Waals surface area contributed by atoms with Gasteiger partial charge >= 0.3 is 6.03 Å². The molecule has 3 amide bonds. The number of carbonyl (C=O) groups excluding carboxylic acids is 2. The van der Waals surface area contributed by atoms with Crippen LogP contribution in [0.1, 0.15) is 18.5 Å². The third kappa shape index (κ3) is 4.57. The molecule has 0 unspecified atom stereocenters. The maximum Gasteiger partial charge on any atom is 0.319 e. The van der Waals surface area contributed by atoms with Crippen LogP contribution in [0.25, 0.3) is 0 Å². The van der Waals surface area contributed by atoms with Crippen LogP contribution in [0, 0.1) is 0 Å². The van der Waals surface area contributed by atoms with Crippen molar-refractivity contribution in [3.05, 3.63) is 66.7 Å².